The van der Waals surface area contributed by atoms with Gasteiger partial charge in [-0.3, -0.25) is 19.9 Å². The highest BCUT2D eigenvalue weighted by Gasteiger charge is 2.18. The number of pyridine rings is 1. The highest BCUT2D eigenvalue weighted by molar-refractivity contribution is 7.14. The molecule has 2 aromatic heterocycles. The maximum atomic E-state index is 12.5. The first-order valence-corrected chi connectivity index (χ1v) is 7.71. The first-order chi connectivity index (χ1) is 11.6. The molecule has 7 nitrogen and oxygen atoms in total. The van der Waals surface area contributed by atoms with Crippen LogP contribution in [-0.2, 0) is 0 Å². The van der Waals surface area contributed by atoms with Crippen LogP contribution < -0.4 is 10.6 Å². The number of carbonyl (C=O) groups excluding carboxylic acids is 2. The second-order valence-electron chi connectivity index (χ2n) is 4.76. The number of benzene rings is 1. The molecule has 0 aliphatic rings. The molecule has 3 amide bonds. The number of carbonyl (C=O) groups is 3. The summed E-state index contributed by atoms with van der Waals surface area (Å²) in [5.41, 5.74) is 1.00. The maximum absolute atomic E-state index is 12.5. The average Bonchev–Trinajstić information content (AvgIpc) is 3.02. The minimum absolute atomic E-state index is 0.0870. The van der Waals surface area contributed by atoms with Crippen LogP contribution in [0.25, 0.3) is 10.9 Å². The normalized spacial score (nSPS) is 10.3. The number of hydrogen-bond acceptors (Lipinski definition) is 5. The summed E-state index contributed by atoms with van der Waals surface area (Å²) in [6, 6.07) is 10.3. The van der Waals surface area contributed by atoms with Crippen LogP contribution in [0, 0.1) is 0 Å². The van der Waals surface area contributed by atoms with Crippen molar-refractivity contribution in [2.45, 2.75) is 0 Å². The Morgan fingerprint density at radius 2 is 1.79 bits per heavy atom. The van der Waals surface area contributed by atoms with E-state index in [1.54, 1.807) is 35.1 Å². The Labute approximate surface area is 140 Å². The molecule has 1 aromatic carbocycles. The number of thiophene rings is 1. The van der Waals surface area contributed by atoms with Crippen molar-refractivity contribution < 1.29 is 19.5 Å². The first kappa shape index (κ1) is 15.6. The van der Waals surface area contributed by atoms with Crippen molar-refractivity contribution in [3.63, 3.8) is 0 Å². The number of rotatable bonds is 3. The summed E-state index contributed by atoms with van der Waals surface area (Å²) in [7, 11) is 0. The van der Waals surface area contributed by atoms with Crippen LogP contribution in [0.1, 0.15) is 20.7 Å². The molecule has 2 heterocycles. The van der Waals surface area contributed by atoms with Crippen LogP contribution in [0.15, 0.2) is 48.0 Å². The molecule has 3 rings (SSSR count). The Kier molecular flexibility index (Phi) is 4.21. The molecular weight excluding hydrogens is 330 g/mol. The fourth-order valence-electron chi connectivity index (χ4n) is 2.21. The number of hydrogen-bond donors (Lipinski definition) is 3. The summed E-state index contributed by atoms with van der Waals surface area (Å²) in [5.74, 6) is -1.22. The Morgan fingerprint density at radius 1 is 1.00 bits per heavy atom. The van der Waals surface area contributed by atoms with E-state index >= 15 is 0 Å². The number of imide groups is 1. The van der Waals surface area contributed by atoms with Gasteiger partial charge in [0.15, 0.2) is 0 Å². The fraction of sp³-hybridized carbons (Fsp3) is 0. The van der Waals surface area contributed by atoms with Gasteiger partial charge in [0, 0.05) is 11.6 Å². The lowest BCUT2D eigenvalue weighted by Crippen LogP contribution is -2.29. The fourth-order valence-corrected chi connectivity index (χ4v) is 2.99. The Morgan fingerprint density at radius 3 is 2.58 bits per heavy atom. The van der Waals surface area contributed by atoms with E-state index in [0.29, 0.717) is 11.1 Å². The molecule has 120 valence electrons. The van der Waals surface area contributed by atoms with Gasteiger partial charge in [0.1, 0.15) is 5.00 Å². The highest BCUT2D eigenvalue weighted by atomic mass is 32.1. The molecule has 0 aliphatic carbocycles. The third kappa shape index (κ3) is 3.08. The van der Waals surface area contributed by atoms with Gasteiger partial charge in [-0.25, -0.2) is 4.79 Å². The zero-order valence-electron chi connectivity index (χ0n) is 12.1. The molecule has 0 saturated heterocycles. The quantitative estimate of drug-likeness (QED) is 0.679. The third-order valence-electron chi connectivity index (χ3n) is 3.23. The second-order valence-corrected chi connectivity index (χ2v) is 5.67. The number of nitrogens with one attached hydrogen (secondary N) is 2. The lowest BCUT2D eigenvalue weighted by molar-refractivity contribution is 0.0949. The molecule has 0 atom stereocenters. The molecule has 0 radical (unpaired) electrons. The molecule has 0 aliphatic heterocycles. The zero-order chi connectivity index (χ0) is 17.1. The summed E-state index contributed by atoms with van der Waals surface area (Å²) in [6.07, 6.45) is 0.137. The van der Waals surface area contributed by atoms with Gasteiger partial charge in [0.05, 0.1) is 16.6 Å². The summed E-state index contributed by atoms with van der Waals surface area (Å²) in [5, 5.41) is 15.7. The Bertz CT molecular complexity index is 946. The SMILES string of the molecule is O=C(O)NC(=O)c1ccsc1NC(=O)c1cccc2cccnc12. The number of aromatic nitrogens is 1. The van der Waals surface area contributed by atoms with Gasteiger partial charge in [-0.05, 0) is 23.6 Å². The lowest BCUT2D eigenvalue weighted by atomic mass is 10.1. The van der Waals surface area contributed by atoms with E-state index in [0.717, 1.165) is 16.7 Å². The lowest BCUT2D eigenvalue weighted by Gasteiger charge is -2.07. The topological polar surface area (TPSA) is 108 Å². The first-order valence-electron chi connectivity index (χ1n) is 6.83. The largest absolute Gasteiger partial charge is 0.465 e. The van der Waals surface area contributed by atoms with E-state index in [2.05, 4.69) is 10.3 Å². The van der Waals surface area contributed by atoms with Crippen molar-refractivity contribution in [3.8, 4) is 0 Å². The molecule has 0 bridgehead atoms. The molecule has 24 heavy (non-hydrogen) atoms. The summed E-state index contributed by atoms with van der Waals surface area (Å²) < 4.78 is 0. The van der Waals surface area contributed by atoms with Gasteiger partial charge in [-0.2, -0.15) is 0 Å². The molecule has 3 aromatic rings. The Hall–Kier alpha value is -3.26. The van der Waals surface area contributed by atoms with Gasteiger partial charge >= 0.3 is 6.09 Å². The van der Waals surface area contributed by atoms with Crippen LogP contribution in [0.5, 0.6) is 0 Å². The van der Waals surface area contributed by atoms with Crippen molar-refractivity contribution in [2.75, 3.05) is 5.32 Å². The van der Waals surface area contributed by atoms with E-state index in [9.17, 15) is 14.4 Å². The molecule has 0 spiro atoms. The van der Waals surface area contributed by atoms with Gasteiger partial charge in [0.25, 0.3) is 11.8 Å². The predicted molar refractivity (Wildman–Crippen MR) is 89.5 cm³/mol. The molecule has 0 fully saturated rings. The smallest absolute Gasteiger partial charge is 0.411 e. The zero-order valence-corrected chi connectivity index (χ0v) is 13.0. The van der Waals surface area contributed by atoms with E-state index in [1.807, 2.05) is 12.1 Å². The number of anilines is 1. The molecule has 0 saturated carbocycles. The van der Waals surface area contributed by atoms with E-state index < -0.39 is 17.9 Å². The summed E-state index contributed by atoms with van der Waals surface area (Å²) in [6.45, 7) is 0. The van der Waals surface area contributed by atoms with Gasteiger partial charge in [0.2, 0.25) is 0 Å². The average molecular weight is 341 g/mol. The van der Waals surface area contributed by atoms with E-state index in [1.165, 1.54) is 6.07 Å². The van der Waals surface area contributed by atoms with Crippen molar-refractivity contribution in [2.24, 2.45) is 0 Å². The second kappa shape index (κ2) is 6.47. The van der Waals surface area contributed by atoms with Gasteiger partial charge in [-0.15, -0.1) is 11.3 Å². The van der Waals surface area contributed by atoms with Crippen LogP contribution in [0.4, 0.5) is 9.80 Å². The summed E-state index contributed by atoms with van der Waals surface area (Å²) in [4.78, 5) is 39.1. The predicted octanol–water partition coefficient (Wildman–Crippen LogP) is 2.96. The van der Waals surface area contributed by atoms with Crippen molar-refractivity contribution in [3.05, 3.63) is 59.1 Å². The number of carboxylic acid groups (broad SMARTS) is 1. The molecule has 3 N–H and O–H groups in total. The van der Waals surface area contributed by atoms with Crippen LogP contribution >= 0.6 is 11.3 Å². The number of amides is 3. The van der Waals surface area contributed by atoms with Gasteiger partial charge < -0.3 is 10.4 Å². The standard InChI is InChI=1S/C16H11N3O4S/c20-13(10-5-1-3-9-4-2-7-17-12(9)10)18-15-11(6-8-24-15)14(21)19-16(22)23/h1-8H,(H,18,20)(H,19,21)(H,22,23). The number of nitrogens with zero attached hydrogens (tertiary/aromatic N) is 1. The molecule has 8 heteroatoms. The number of fused-ring (bicyclic) bond motifs is 1. The summed E-state index contributed by atoms with van der Waals surface area (Å²) >= 11 is 1.13. The molecular formula is C16H11N3O4S. The highest BCUT2D eigenvalue weighted by Crippen LogP contribution is 2.25. The van der Waals surface area contributed by atoms with Crippen LogP contribution in [0.3, 0.4) is 0 Å². The van der Waals surface area contributed by atoms with Gasteiger partial charge in [-0.1, -0.05) is 18.2 Å². The van der Waals surface area contributed by atoms with Crippen LogP contribution in [0.2, 0.25) is 0 Å². The minimum atomic E-state index is -1.46. The maximum Gasteiger partial charge on any atom is 0.411 e. The molecule has 0 unspecified atom stereocenters. The van der Waals surface area contributed by atoms with Crippen molar-refractivity contribution >= 4 is 45.1 Å². The number of para-hydroxylation sites is 1. The van der Waals surface area contributed by atoms with Crippen molar-refractivity contribution in [1.29, 1.82) is 0 Å². The minimum Gasteiger partial charge on any atom is -0.465 e. The van der Waals surface area contributed by atoms with Crippen molar-refractivity contribution in [1.82, 2.24) is 10.3 Å². The van der Waals surface area contributed by atoms with Crippen LogP contribution in [-0.4, -0.2) is 28.0 Å². The Balaban J connectivity index is 1.89. The van der Waals surface area contributed by atoms with E-state index in [4.69, 9.17) is 5.11 Å². The monoisotopic (exact) mass is 341 g/mol. The van der Waals surface area contributed by atoms with E-state index in [-0.39, 0.29) is 10.6 Å². The third-order valence-corrected chi connectivity index (χ3v) is 4.06.